The first-order valence-electron chi connectivity index (χ1n) is 6.41. The van der Waals surface area contributed by atoms with Crippen molar-refractivity contribution in [2.45, 2.75) is 33.1 Å². The Bertz CT molecular complexity index is 581. The third-order valence-corrected chi connectivity index (χ3v) is 3.41. The van der Waals surface area contributed by atoms with Crippen LogP contribution in [0.1, 0.15) is 37.3 Å². The number of hydrogen-bond acceptors (Lipinski definition) is 1. The predicted molar refractivity (Wildman–Crippen MR) is 75.5 cm³/mol. The largest absolute Gasteiger partial charge is 0.284 e. The highest BCUT2D eigenvalue weighted by Crippen LogP contribution is 2.19. The molecular weight excluding hydrogens is 222 g/mol. The zero-order valence-electron chi connectivity index (χ0n) is 11.2. The minimum absolute atomic E-state index is 0.0110. The summed E-state index contributed by atoms with van der Waals surface area (Å²) in [7, 11) is 0. The van der Waals surface area contributed by atoms with Crippen molar-refractivity contribution < 1.29 is 0 Å². The number of aromatic nitrogens is 1. The van der Waals surface area contributed by atoms with Gasteiger partial charge >= 0.3 is 0 Å². The first-order valence-corrected chi connectivity index (χ1v) is 6.41. The van der Waals surface area contributed by atoms with E-state index in [0.29, 0.717) is 5.92 Å². The fraction of sp³-hybridized carbons (Fsp3) is 0.312. The van der Waals surface area contributed by atoms with Crippen LogP contribution in [-0.4, -0.2) is 4.57 Å². The van der Waals surface area contributed by atoms with Gasteiger partial charge in [-0.3, -0.25) is 9.36 Å². The molecule has 1 unspecified atom stereocenters. The molecule has 0 radical (unpaired) electrons. The summed E-state index contributed by atoms with van der Waals surface area (Å²) >= 11 is 0. The minimum Gasteiger partial charge on any atom is -0.284 e. The highest BCUT2D eigenvalue weighted by molar-refractivity contribution is 5.36. The van der Waals surface area contributed by atoms with E-state index in [1.165, 1.54) is 5.56 Å². The van der Waals surface area contributed by atoms with Crippen molar-refractivity contribution >= 4 is 0 Å². The smallest absolute Gasteiger partial charge is 0.255 e. The Balaban J connectivity index is 2.40. The van der Waals surface area contributed by atoms with E-state index in [-0.39, 0.29) is 5.56 Å². The standard InChI is InChI=1S/C16H19NO/c1-4-13(3)14-6-8-15(9-7-14)17-11-12(2)5-10-16(17)18/h5-11,13H,4H2,1-3H3. The fourth-order valence-corrected chi connectivity index (χ4v) is 1.99. The Morgan fingerprint density at radius 2 is 1.78 bits per heavy atom. The lowest BCUT2D eigenvalue weighted by molar-refractivity contribution is 0.733. The highest BCUT2D eigenvalue weighted by atomic mass is 16.1. The van der Waals surface area contributed by atoms with E-state index in [9.17, 15) is 4.79 Å². The average molecular weight is 241 g/mol. The van der Waals surface area contributed by atoms with Crippen LogP contribution in [0.5, 0.6) is 0 Å². The van der Waals surface area contributed by atoms with Crippen molar-refractivity contribution in [2.75, 3.05) is 0 Å². The van der Waals surface area contributed by atoms with Gasteiger partial charge in [0.2, 0.25) is 0 Å². The van der Waals surface area contributed by atoms with Crippen LogP contribution in [0.3, 0.4) is 0 Å². The molecule has 0 aliphatic carbocycles. The van der Waals surface area contributed by atoms with Gasteiger partial charge in [-0.25, -0.2) is 0 Å². The highest BCUT2D eigenvalue weighted by Gasteiger charge is 2.04. The van der Waals surface area contributed by atoms with Gasteiger partial charge in [-0.05, 0) is 42.5 Å². The number of benzene rings is 1. The molecule has 2 rings (SSSR count). The van der Waals surface area contributed by atoms with Gasteiger partial charge in [0.05, 0.1) is 0 Å². The molecule has 0 N–H and O–H groups in total. The number of rotatable bonds is 3. The van der Waals surface area contributed by atoms with Crippen LogP contribution in [0.2, 0.25) is 0 Å². The molecule has 0 saturated carbocycles. The van der Waals surface area contributed by atoms with Gasteiger partial charge in [0.1, 0.15) is 0 Å². The van der Waals surface area contributed by atoms with E-state index in [0.717, 1.165) is 17.7 Å². The Hall–Kier alpha value is -1.83. The van der Waals surface area contributed by atoms with Crippen LogP contribution in [0, 0.1) is 6.92 Å². The topological polar surface area (TPSA) is 22.0 Å². The second-order valence-corrected chi connectivity index (χ2v) is 4.82. The molecule has 0 fully saturated rings. The number of aryl methyl sites for hydroxylation is 1. The Kier molecular flexibility index (Phi) is 3.66. The number of pyridine rings is 1. The summed E-state index contributed by atoms with van der Waals surface area (Å²) in [5.41, 5.74) is 3.34. The quantitative estimate of drug-likeness (QED) is 0.803. The maximum Gasteiger partial charge on any atom is 0.255 e. The Labute approximate surface area is 108 Å². The lowest BCUT2D eigenvalue weighted by atomic mass is 9.98. The molecule has 1 heterocycles. The van der Waals surface area contributed by atoms with E-state index in [1.807, 2.05) is 31.3 Å². The predicted octanol–water partition coefficient (Wildman–Crippen LogP) is 3.66. The maximum absolute atomic E-state index is 11.8. The van der Waals surface area contributed by atoms with Gasteiger partial charge in [-0.15, -0.1) is 0 Å². The molecular formula is C16H19NO. The SMILES string of the molecule is CCC(C)c1ccc(-n2cc(C)ccc2=O)cc1. The molecule has 18 heavy (non-hydrogen) atoms. The van der Waals surface area contributed by atoms with E-state index in [2.05, 4.69) is 26.0 Å². The van der Waals surface area contributed by atoms with Gasteiger partial charge in [-0.2, -0.15) is 0 Å². The summed E-state index contributed by atoms with van der Waals surface area (Å²) in [6.07, 6.45) is 3.00. The zero-order valence-corrected chi connectivity index (χ0v) is 11.2. The van der Waals surface area contributed by atoms with E-state index < -0.39 is 0 Å². The summed E-state index contributed by atoms with van der Waals surface area (Å²) in [6, 6.07) is 11.7. The third kappa shape index (κ3) is 2.53. The van der Waals surface area contributed by atoms with E-state index >= 15 is 0 Å². The summed E-state index contributed by atoms with van der Waals surface area (Å²) in [4.78, 5) is 11.8. The zero-order chi connectivity index (χ0) is 13.1. The second-order valence-electron chi connectivity index (χ2n) is 4.82. The summed E-state index contributed by atoms with van der Waals surface area (Å²) in [5, 5.41) is 0. The molecule has 2 heteroatoms. The van der Waals surface area contributed by atoms with E-state index in [1.54, 1.807) is 10.6 Å². The molecule has 94 valence electrons. The molecule has 0 aliphatic heterocycles. The molecule has 0 bridgehead atoms. The van der Waals surface area contributed by atoms with Crippen molar-refractivity contribution in [3.8, 4) is 5.69 Å². The van der Waals surface area contributed by atoms with Crippen LogP contribution in [-0.2, 0) is 0 Å². The molecule has 1 aromatic heterocycles. The van der Waals surface area contributed by atoms with Crippen molar-refractivity contribution in [3.63, 3.8) is 0 Å². The first kappa shape index (κ1) is 12.6. The molecule has 2 nitrogen and oxygen atoms in total. The molecule has 0 aliphatic rings. The fourth-order valence-electron chi connectivity index (χ4n) is 1.99. The van der Waals surface area contributed by atoms with Crippen LogP contribution < -0.4 is 5.56 Å². The van der Waals surface area contributed by atoms with Gasteiger partial charge in [0.15, 0.2) is 0 Å². The minimum atomic E-state index is 0.0110. The van der Waals surface area contributed by atoms with Crippen LogP contribution >= 0.6 is 0 Å². The van der Waals surface area contributed by atoms with Gasteiger partial charge in [0, 0.05) is 18.0 Å². The second kappa shape index (κ2) is 5.21. The van der Waals surface area contributed by atoms with E-state index in [4.69, 9.17) is 0 Å². The molecule has 1 atom stereocenters. The lowest BCUT2D eigenvalue weighted by Crippen LogP contribution is -2.16. The number of nitrogens with zero attached hydrogens (tertiary/aromatic N) is 1. The average Bonchev–Trinajstić information content (AvgIpc) is 2.41. The lowest BCUT2D eigenvalue weighted by Gasteiger charge is -2.11. The van der Waals surface area contributed by atoms with Crippen molar-refractivity contribution in [3.05, 3.63) is 64.1 Å². The normalized spacial score (nSPS) is 12.4. The Morgan fingerprint density at radius 1 is 1.11 bits per heavy atom. The van der Waals surface area contributed by atoms with Gasteiger partial charge in [-0.1, -0.05) is 32.0 Å². The summed E-state index contributed by atoms with van der Waals surface area (Å²) in [6.45, 7) is 6.39. The van der Waals surface area contributed by atoms with Crippen molar-refractivity contribution in [1.82, 2.24) is 4.57 Å². The Morgan fingerprint density at radius 3 is 2.39 bits per heavy atom. The van der Waals surface area contributed by atoms with Crippen LogP contribution in [0.15, 0.2) is 47.4 Å². The van der Waals surface area contributed by atoms with Crippen LogP contribution in [0.4, 0.5) is 0 Å². The monoisotopic (exact) mass is 241 g/mol. The molecule has 1 aromatic carbocycles. The first-order chi connectivity index (χ1) is 8.61. The third-order valence-electron chi connectivity index (χ3n) is 3.41. The molecule has 2 aromatic rings. The summed E-state index contributed by atoms with van der Waals surface area (Å²) < 4.78 is 1.69. The number of hydrogen-bond donors (Lipinski definition) is 0. The van der Waals surface area contributed by atoms with Gasteiger partial charge in [0.25, 0.3) is 5.56 Å². The van der Waals surface area contributed by atoms with Crippen molar-refractivity contribution in [2.24, 2.45) is 0 Å². The summed E-state index contributed by atoms with van der Waals surface area (Å²) in [5.74, 6) is 0.563. The van der Waals surface area contributed by atoms with Gasteiger partial charge < -0.3 is 0 Å². The molecule has 0 amide bonds. The maximum atomic E-state index is 11.8. The molecule has 0 spiro atoms. The molecule has 0 saturated heterocycles. The van der Waals surface area contributed by atoms with Crippen LogP contribution in [0.25, 0.3) is 5.69 Å². The van der Waals surface area contributed by atoms with Crippen molar-refractivity contribution in [1.29, 1.82) is 0 Å².